The molecule has 2 fully saturated rings. The Morgan fingerprint density at radius 1 is 1.55 bits per heavy atom. The minimum atomic E-state index is -0.0559. The van der Waals surface area contributed by atoms with Crippen LogP contribution in [0.5, 0.6) is 0 Å². The molecule has 1 atom stereocenters. The molecule has 1 aliphatic heterocycles. The Morgan fingerprint density at radius 2 is 2.36 bits per heavy atom. The quantitative estimate of drug-likeness (QED) is 0.883. The molecule has 2 heterocycles. The van der Waals surface area contributed by atoms with E-state index in [2.05, 4.69) is 16.9 Å². The van der Waals surface area contributed by atoms with Crippen LogP contribution in [0.1, 0.15) is 28.9 Å². The number of ether oxygens (including phenoxy) is 1. The Labute approximate surface area is 130 Å². The van der Waals surface area contributed by atoms with Crippen molar-refractivity contribution in [3.8, 4) is 6.07 Å². The van der Waals surface area contributed by atoms with Gasteiger partial charge in [0.2, 0.25) is 0 Å². The molecule has 3 rings (SSSR count). The Hall–Kier alpha value is -1.84. The number of carbonyl (C=O) groups excluding carboxylic acids is 1. The lowest BCUT2D eigenvalue weighted by atomic mass is 10.2. The summed E-state index contributed by atoms with van der Waals surface area (Å²) in [6.45, 7) is 3.75. The number of nitrogens with zero attached hydrogens (tertiary/aromatic N) is 3. The first-order valence-electron chi connectivity index (χ1n) is 7.83. The Morgan fingerprint density at radius 3 is 3.05 bits per heavy atom. The third-order valence-corrected chi connectivity index (χ3v) is 4.25. The first-order valence-corrected chi connectivity index (χ1v) is 7.83. The predicted octanol–water partition coefficient (Wildman–Crippen LogP) is 1.07. The van der Waals surface area contributed by atoms with Crippen LogP contribution >= 0.6 is 0 Å². The molecule has 0 spiro atoms. The molecule has 6 nitrogen and oxygen atoms in total. The van der Waals surface area contributed by atoms with Crippen LogP contribution in [-0.4, -0.2) is 66.6 Å². The third kappa shape index (κ3) is 3.67. The van der Waals surface area contributed by atoms with E-state index in [1.807, 2.05) is 11.0 Å². The van der Waals surface area contributed by atoms with Gasteiger partial charge in [-0.1, -0.05) is 0 Å². The summed E-state index contributed by atoms with van der Waals surface area (Å²) in [5.74, 6) is 0.800. The predicted molar refractivity (Wildman–Crippen MR) is 81.4 cm³/mol. The maximum atomic E-state index is 12.5. The number of H-pyrrole nitrogens is 1. The smallest absolute Gasteiger partial charge is 0.270 e. The normalized spacial score (nSPS) is 21.9. The summed E-state index contributed by atoms with van der Waals surface area (Å²) >= 11 is 0. The summed E-state index contributed by atoms with van der Waals surface area (Å²) in [6, 6.07) is 3.63. The van der Waals surface area contributed by atoms with Crippen LogP contribution in [0.3, 0.4) is 0 Å². The van der Waals surface area contributed by atoms with E-state index in [9.17, 15) is 4.79 Å². The average molecular weight is 302 g/mol. The van der Waals surface area contributed by atoms with Gasteiger partial charge < -0.3 is 19.5 Å². The molecule has 118 valence electrons. The van der Waals surface area contributed by atoms with Gasteiger partial charge in [0.15, 0.2) is 0 Å². The number of nitriles is 1. The van der Waals surface area contributed by atoms with Crippen LogP contribution in [0.25, 0.3) is 0 Å². The van der Waals surface area contributed by atoms with Crippen LogP contribution in [0.4, 0.5) is 0 Å². The number of hydrogen-bond donors (Lipinski definition) is 1. The van der Waals surface area contributed by atoms with Crippen molar-refractivity contribution in [3.05, 3.63) is 23.5 Å². The summed E-state index contributed by atoms with van der Waals surface area (Å²) in [7, 11) is 2.12. The van der Waals surface area contributed by atoms with Crippen LogP contribution in [-0.2, 0) is 4.74 Å². The van der Waals surface area contributed by atoms with Gasteiger partial charge in [0.1, 0.15) is 11.8 Å². The molecule has 2 aliphatic rings. The number of hydrogen-bond acceptors (Lipinski definition) is 4. The molecule has 0 radical (unpaired) electrons. The van der Waals surface area contributed by atoms with Crippen molar-refractivity contribution >= 4 is 5.91 Å². The zero-order chi connectivity index (χ0) is 15.5. The molecule has 1 saturated carbocycles. The fraction of sp³-hybridized carbons (Fsp3) is 0.625. The van der Waals surface area contributed by atoms with Crippen molar-refractivity contribution in [1.29, 1.82) is 5.26 Å². The lowest BCUT2D eigenvalue weighted by molar-refractivity contribution is -0.0335. The van der Waals surface area contributed by atoms with Crippen LogP contribution < -0.4 is 0 Å². The van der Waals surface area contributed by atoms with Crippen molar-refractivity contribution in [2.45, 2.75) is 18.9 Å². The van der Waals surface area contributed by atoms with E-state index in [1.165, 1.54) is 12.8 Å². The van der Waals surface area contributed by atoms with Crippen molar-refractivity contribution in [1.82, 2.24) is 14.8 Å². The highest BCUT2D eigenvalue weighted by atomic mass is 16.5. The fourth-order valence-corrected chi connectivity index (χ4v) is 2.93. The van der Waals surface area contributed by atoms with Crippen LogP contribution in [0, 0.1) is 17.2 Å². The van der Waals surface area contributed by atoms with Gasteiger partial charge in [-0.25, -0.2) is 0 Å². The number of likely N-dealkylation sites (N-methyl/N-ethyl adjacent to an activating group) is 1. The summed E-state index contributed by atoms with van der Waals surface area (Å²) in [5, 5.41) is 8.84. The molecule has 1 aliphatic carbocycles. The molecule has 22 heavy (non-hydrogen) atoms. The number of aromatic nitrogens is 1. The lowest BCUT2D eigenvalue weighted by Gasteiger charge is -2.34. The van der Waals surface area contributed by atoms with E-state index in [-0.39, 0.29) is 12.0 Å². The molecule has 1 aromatic rings. The van der Waals surface area contributed by atoms with Crippen LogP contribution in [0.15, 0.2) is 12.3 Å². The highest BCUT2D eigenvalue weighted by Gasteiger charge is 2.28. The van der Waals surface area contributed by atoms with Gasteiger partial charge in [-0.3, -0.25) is 4.79 Å². The zero-order valence-corrected chi connectivity index (χ0v) is 12.9. The Balaban J connectivity index is 1.55. The largest absolute Gasteiger partial charge is 0.373 e. The van der Waals surface area contributed by atoms with Gasteiger partial charge in [0.25, 0.3) is 5.91 Å². The Bertz CT molecular complexity index is 573. The van der Waals surface area contributed by atoms with Gasteiger partial charge in [0.05, 0.1) is 18.3 Å². The fourth-order valence-electron chi connectivity index (χ4n) is 2.93. The van der Waals surface area contributed by atoms with E-state index in [1.54, 1.807) is 12.3 Å². The first-order chi connectivity index (χ1) is 10.7. The van der Waals surface area contributed by atoms with Gasteiger partial charge in [-0.2, -0.15) is 5.26 Å². The first kappa shape index (κ1) is 15.1. The van der Waals surface area contributed by atoms with E-state index in [4.69, 9.17) is 10.00 Å². The molecular formula is C16H22N4O2. The second-order valence-electron chi connectivity index (χ2n) is 6.32. The second kappa shape index (κ2) is 6.51. The summed E-state index contributed by atoms with van der Waals surface area (Å²) in [4.78, 5) is 19.5. The highest BCUT2D eigenvalue weighted by Crippen LogP contribution is 2.29. The van der Waals surface area contributed by atoms with Gasteiger partial charge in [0, 0.05) is 32.4 Å². The van der Waals surface area contributed by atoms with Gasteiger partial charge in [-0.15, -0.1) is 0 Å². The summed E-state index contributed by atoms with van der Waals surface area (Å²) in [5.41, 5.74) is 0.959. The summed E-state index contributed by atoms with van der Waals surface area (Å²) < 4.78 is 5.80. The monoisotopic (exact) mass is 302 g/mol. The molecule has 0 aromatic carbocycles. The average Bonchev–Trinajstić information content (AvgIpc) is 3.19. The van der Waals surface area contributed by atoms with Gasteiger partial charge in [-0.05, 0) is 31.9 Å². The molecule has 1 aromatic heterocycles. The van der Waals surface area contributed by atoms with Crippen molar-refractivity contribution in [2.75, 3.05) is 39.8 Å². The minimum absolute atomic E-state index is 0.0559. The molecule has 6 heteroatoms. The lowest BCUT2D eigenvalue weighted by Crippen LogP contribution is -2.49. The van der Waals surface area contributed by atoms with Crippen molar-refractivity contribution < 1.29 is 9.53 Å². The number of rotatable bonds is 5. The van der Waals surface area contributed by atoms with Gasteiger partial charge >= 0.3 is 0 Å². The minimum Gasteiger partial charge on any atom is -0.373 e. The van der Waals surface area contributed by atoms with E-state index in [0.717, 1.165) is 19.0 Å². The SMILES string of the molecule is CN(CC1CC1)CC1CN(C(=O)c2cc(C#N)c[nH]2)CCO1. The second-order valence-corrected chi connectivity index (χ2v) is 6.32. The maximum absolute atomic E-state index is 12.5. The molecule has 1 unspecified atom stereocenters. The molecule has 1 saturated heterocycles. The standard InChI is InChI=1S/C16H22N4O2/c1-19(9-12-2-3-12)10-14-11-20(4-5-22-14)16(21)15-6-13(7-17)8-18-15/h6,8,12,14,18H,2-5,9-11H2,1H3. The number of morpholine rings is 1. The van der Waals surface area contributed by atoms with Crippen molar-refractivity contribution in [2.24, 2.45) is 5.92 Å². The third-order valence-electron chi connectivity index (χ3n) is 4.25. The molecule has 1 N–H and O–H groups in total. The molecule has 0 bridgehead atoms. The number of nitrogens with one attached hydrogen (secondary N) is 1. The van der Waals surface area contributed by atoms with E-state index >= 15 is 0 Å². The van der Waals surface area contributed by atoms with E-state index < -0.39 is 0 Å². The van der Waals surface area contributed by atoms with E-state index in [0.29, 0.717) is 31.0 Å². The zero-order valence-electron chi connectivity index (χ0n) is 12.9. The number of carbonyl (C=O) groups is 1. The highest BCUT2D eigenvalue weighted by molar-refractivity contribution is 5.93. The summed E-state index contributed by atoms with van der Waals surface area (Å²) in [6.07, 6.45) is 4.31. The number of amides is 1. The topological polar surface area (TPSA) is 72.4 Å². The maximum Gasteiger partial charge on any atom is 0.270 e. The van der Waals surface area contributed by atoms with Crippen LogP contribution in [0.2, 0.25) is 0 Å². The van der Waals surface area contributed by atoms with Crippen molar-refractivity contribution in [3.63, 3.8) is 0 Å². The molecule has 1 amide bonds. The number of aromatic amines is 1. The molecular weight excluding hydrogens is 280 g/mol. The Kier molecular flexibility index (Phi) is 4.46.